The topological polar surface area (TPSA) is 93.4 Å². The average molecular weight is 401 g/mol. The molecule has 152 valence electrons. The van der Waals surface area contributed by atoms with E-state index in [-0.39, 0.29) is 12.1 Å². The van der Waals surface area contributed by atoms with E-state index in [1.807, 2.05) is 0 Å². The molecule has 0 aliphatic heterocycles. The highest BCUT2D eigenvalue weighted by atomic mass is 16.5. The normalized spacial score (nSPS) is 14.6. The third-order valence-corrected chi connectivity index (χ3v) is 5.17. The molecule has 6 heteroatoms. The van der Waals surface area contributed by atoms with Gasteiger partial charge in [0.2, 0.25) is 0 Å². The Morgan fingerprint density at radius 1 is 1.03 bits per heavy atom. The summed E-state index contributed by atoms with van der Waals surface area (Å²) >= 11 is 0. The fraction of sp³-hybridized carbons (Fsp3) is 0.167. The van der Waals surface area contributed by atoms with Crippen LogP contribution in [0.15, 0.2) is 66.7 Å². The van der Waals surface area contributed by atoms with Gasteiger partial charge in [0.1, 0.15) is 11.5 Å². The number of anilines is 1. The van der Waals surface area contributed by atoms with Crippen molar-refractivity contribution in [2.45, 2.75) is 25.8 Å². The largest absolute Gasteiger partial charge is 0.457 e. The fourth-order valence-corrected chi connectivity index (χ4v) is 3.71. The molecule has 0 saturated heterocycles. The molecule has 3 aromatic rings. The first kappa shape index (κ1) is 19.5. The van der Waals surface area contributed by atoms with Crippen molar-refractivity contribution in [1.29, 1.82) is 0 Å². The lowest BCUT2D eigenvalue weighted by molar-refractivity contribution is 0.0998. The Bertz CT molecular complexity index is 1090. The highest BCUT2D eigenvalue weighted by molar-refractivity contribution is 5.95. The van der Waals surface area contributed by atoms with E-state index in [0.717, 1.165) is 12.8 Å². The second-order valence-electron chi connectivity index (χ2n) is 7.38. The van der Waals surface area contributed by atoms with Gasteiger partial charge in [0.05, 0.1) is 11.6 Å². The third-order valence-electron chi connectivity index (χ3n) is 5.17. The summed E-state index contributed by atoms with van der Waals surface area (Å²) in [4.78, 5) is 23.9. The van der Waals surface area contributed by atoms with E-state index in [1.165, 1.54) is 16.7 Å². The van der Waals surface area contributed by atoms with Crippen LogP contribution in [-0.2, 0) is 6.42 Å². The number of carbonyl (C=O) groups excluding carboxylic acids is 2. The molecule has 3 aromatic carbocycles. The molecule has 4 N–H and O–H groups in total. The smallest absolute Gasteiger partial charge is 0.319 e. The first-order chi connectivity index (χ1) is 14.5. The molecule has 0 spiro atoms. The van der Waals surface area contributed by atoms with Gasteiger partial charge in [0.15, 0.2) is 0 Å². The van der Waals surface area contributed by atoms with Crippen LogP contribution in [-0.4, -0.2) is 11.9 Å². The lowest BCUT2D eigenvalue weighted by Gasteiger charge is -2.15. The molecule has 30 heavy (non-hydrogen) atoms. The van der Waals surface area contributed by atoms with Crippen LogP contribution in [0, 0.1) is 6.92 Å². The number of fused-ring (bicyclic) bond motifs is 1. The van der Waals surface area contributed by atoms with Crippen LogP contribution in [0.4, 0.5) is 10.5 Å². The number of para-hydroxylation sites is 1. The van der Waals surface area contributed by atoms with Crippen LogP contribution in [0.5, 0.6) is 11.5 Å². The number of rotatable bonds is 5. The minimum Gasteiger partial charge on any atom is -0.457 e. The third kappa shape index (κ3) is 4.27. The van der Waals surface area contributed by atoms with Gasteiger partial charge in [-0.2, -0.15) is 0 Å². The standard InChI is InChI=1S/C24H23N3O3/c1-15-6-12-19-16(14-15)7-13-21(19)27-24(29)26-17-8-10-18(11-9-17)30-22-5-3-2-4-20(22)23(25)28/h2-6,8-12,14,21H,7,13H2,1H3,(H2,25,28)(H2,26,27,29). The number of urea groups is 1. The maximum Gasteiger partial charge on any atom is 0.319 e. The Morgan fingerprint density at radius 3 is 2.57 bits per heavy atom. The SMILES string of the molecule is Cc1ccc2c(c1)CCC2NC(=O)Nc1ccc(Oc2ccccc2C(N)=O)cc1. The zero-order valence-electron chi connectivity index (χ0n) is 16.6. The summed E-state index contributed by atoms with van der Waals surface area (Å²) in [7, 11) is 0. The lowest BCUT2D eigenvalue weighted by atomic mass is 10.1. The van der Waals surface area contributed by atoms with Gasteiger partial charge in [-0.05, 0) is 67.3 Å². The predicted octanol–water partition coefficient (Wildman–Crippen LogP) is 4.70. The summed E-state index contributed by atoms with van der Waals surface area (Å²) < 4.78 is 5.76. The molecule has 0 aromatic heterocycles. The number of amides is 3. The second-order valence-corrected chi connectivity index (χ2v) is 7.38. The molecule has 0 saturated carbocycles. The molecule has 6 nitrogen and oxygen atoms in total. The maximum atomic E-state index is 12.4. The molecule has 0 heterocycles. The predicted molar refractivity (Wildman–Crippen MR) is 116 cm³/mol. The van der Waals surface area contributed by atoms with Crippen molar-refractivity contribution in [3.63, 3.8) is 0 Å². The number of aryl methyl sites for hydroxylation is 2. The zero-order valence-corrected chi connectivity index (χ0v) is 16.6. The lowest BCUT2D eigenvalue weighted by Crippen LogP contribution is -2.31. The van der Waals surface area contributed by atoms with E-state index in [4.69, 9.17) is 10.5 Å². The van der Waals surface area contributed by atoms with Crippen molar-refractivity contribution in [2.24, 2.45) is 5.73 Å². The van der Waals surface area contributed by atoms with Gasteiger partial charge in [0.25, 0.3) is 5.91 Å². The Balaban J connectivity index is 1.37. The van der Waals surface area contributed by atoms with E-state index < -0.39 is 5.91 Å². The van der Waals surface area contributed by atoms with Gasteiger partial charge in [-0.25, -0.2) is 4.79 Å². The fourth-order valence-electron chi connectivity index (χ4n) is 3.71. The number of primary amides is 1. The van der Waals surface area contributed by atoms with E-state index in [1.54, 1.807) is 48.5 Å². The van der Waals surface area contributed by atoms with E-state index in [0.29, 0.717) is 22.7 Å². The molecule has 4 rings (SSSR count). The monoisotopic (exact) mass is 401 g/mol. The zero-order chi connectivity index (χ0) is 21.1. The number of carbonyl (C=O) groups is 2. The molecule has 1 aliphatic carbocycles. The number of hydrogen-bond donors (Lipinski definition) is 3. The van der Waals surface area contributed by atoms with Crippen molar-refractivity contribution >= 4 is 17.6 Å². The molecular formula is C24H23N3O3. The van der Waals surface area contributed by atoms with Gasteiger partial charge < -0.3 is 21.1 Å². The summed E-state index contributed by atoms with van der Waals surface area (Å²) in [5, 5.41) is 5.90. The molecule has 0 radical (unpaired) electrons. The van der Waals surface area contributed by atoms with E-state index in [2.05, 4.69) is 35.8 Å². The number of nitrogens with one attached hydrogen (secondary N) is 2. The minimum atomic E-state index is -0.552. The van der Waals surface area contributed by atoms with Crippen molar-refractivity contribution in [1.82, 2.24) is 5.32 Å². The number of nitrogens with two attached hydrogens (primary N) is 1. The molecular weight excluding hydrogens is 378 g/mol. The van der Waals surface area contributed by atoms with Crippen LogP contribution in [0.25, 0.3) is 0 Å². The molecule has 1 atom stereocenters. The first-order valence-corrected chi connectivity index (χ1v) is 9.83. The van der Waals surface area contributed by atoms with Gasteiger partial charge >= 0.3 is 6.03 Å². The Labute approximate surface area is 175 Å². The van der Waals surface area contributed by atoms with Crippen molar-refractivity contribution in [3.8, 4) is 11.5 Å². The first-order valence-electron chi connectivity index (χ1n) is 9.83. The van der Waals surface area contributed by atoms with Crippen molar-refractivity contribution < 1.29 is 14.3 Å². The molecule has 1 aliphatic rings. The number of ether oxygens (including phenoxy) is 1. The molecule has 3 amide bonds. The van der Waals surface area contributed by atoms with Crippen LogP contribution in [0.2, 0.25) is 0 Å². The minimum absolute atomic E-state index is 0.0218. The van der Waals surface area contributed by atoms with Gasteiger partial charge in [0, 0.05) is 5.69 Å². The average Bonchev–Trinajstić information content (AvgIpc) is 3.11. The Kier molecular flexibility index (Phi) is 5.39. The second kappa shape index (κ2) is 8.29. The summed E-state index contributed by atoms with van der Waals surface area (Å²) in [5.41, 5.74) is 10.1. The van der Waals surface area contributed by atoms with Crippen molar-refractivity contribution in [3.05, 3.63) is 89.0 Å². The number of hydrogen-bond acceptors (Lipinski definition) is 3. The van der Waals surface area contributed by atoms with Gasteiger partial charge in [-0.3, -0.25) is 4.79 Å². The molecule has 0 bridgehead atoms. The Hall–Kier alpha value is -3.80. The summed E-state index contributed by atoms with van der Waals surface area (Å²) in [6, 6.07) is 19.8. The maximum absolute atomic E-state index is 12.4. The summed E-state index contributed by atoms with van der Waals surface area (Å²) in [6.07, 6.45) is 1.87. The number of benzene rings is 3. The highest BCUT2D eigenvalue weighted by Crippen LogP contribution is 2.32. The molecule has 0 fully saturated rings. The quantitative estimate of drug-likeness (QED) is 0.579. The van der Waals surface area contributed by atoms with Crippen LogP contribution < -0.4 is 21.1 Å². The summed E-state index contributed by atoms with van der Waals surface area (Å²) in [6.45, 7) is 2.08. The van der Waals surface area contributed by atoms with Crippen molar-refractivity contribution in [2.75, 3.05) is 5.32 Å². The van der Waals surface area contributed by atoms with Crippen LogP contribution >= 0.6 is 0 Å². The van der Waals surface area contributed by atoms with E-state index in [9.17, 15) is 9.59 Å². The van der Waals surface area contributed by atoms with Crippen LogP contribution in [0.1, 0.15) is 39.5 Å². The van der Waals surface area contributed by atoms with Gasteiger partial charge in [-0.1, -0.05) is 35.9 Å². The molecule has 1 unspecified atom stereocenters. The Morgan fingerprint density at radius 2 is 1.80 bits per heavy atom. The highest BCUT2D eigenvalue weighted by Gasteiger charge is 2.23. The van der Waals surface area contributed by atoms with Gasteiger partial charge in [-0.15, -0.1) is 0 Å². The van der Waals surface area contributed by atoms with E-state index >= 15 is 0 Å². The van der Waals surface area contributed by atoms with Crippen LogP contribution in [0.3, 0.4) is 0 Å². The summed E-state index contributed by atoms with van der Waals surface area (Å²) in [5.74, 6) is 0.373.